The molecule has 0 spiro atoms. The first kappa shape index (κ1) is 14.0. The summed E-state index contributed by atoms with van der Waals surface area (Å²) in [6.07, 6.45) is 2.82. The predicted molar refractivity (Wildman–Crippen MR) is 76.7 cm³/mol. The minimum absolute atomic E-state index is 0.00398. The van der Waals surface area contributed by atoms with Gasteiger partial charge in [0.15, 0.2) is 11.6 Å². The normalized spacial score (nSPS) is 10.5. The summed E-state index contributed by atoms with van der Waals surface area (Å²) in [6, 6.07) is 6.68. The van der Waals surface area contributed by atoms with Crippen LogP contribution in [0, 0.1) is 0 Å². The standard InChI is InChI=1S/C14H12Cl2N2O/c1-2-3-13(19)12-6-7-17-14(18-12)10-8-9(15)4-5-11(10)16/h4-8H,2-3H2,1H3. The lowest BCUT2D eigenvalue weighted by Gasteiger charge is -2.05. The summed E-state index contributed by atoms with van der Waals surface area (Å²) in [6.45, 7) is 1.95. The van der Waals surface area contributed by atoms with Crippen LogP contribution in [0.2, 0.25) is 10.0 Å². The molecule has 0 aliphatic carbocycles. The van der Waals surface area contributed by atoms with Gasteiger partial charge in [0.1, 0.15) is 5.69 Å². The number of carbonyl (C=O) groups is 1. The highest BCUT2D eigenvalue weighted by Gasteiger charge is 2.11. The van der Waals surface area contributed by atoms with E-state index in [1.807, 2.05) is 6.92 Å². The summed E-state index contributed by atoms with van der Waals surface area (Å²) < 4.78 is 0. The second-order valence-electron chi connectivity index (χ2n) is 4.06. The van der Waals surface area contributed by atoms with Crippen LogP contribution in [0.1, 0.15) is 30.3 Å². The fraction of sp³-hybridized carbons (Fsp3) is 0.214. The van der Waals surface area contributed by atoms with Gasteiger partial charge < -0.3 is 0 Å². The van der Waals surface area contributed by atoms with E-state index in [0.717, 1.165) is 6.42 Å². The molecular formula is C14H12Cl2N2O. The molecule has 0 saturated heterocycles. The quantitative estimate of drug-likeness (QED) is 0.783. The van der Waals surface area contributed by atoms with Gasteiger partial charge in [-0.1, -0.05) is 30.1 Å². The average molecular weight is 295 g/mol. The van der Waals surface area contributed by atoms with Crippen molar-refractivity contribution in [3.8, 4) is 11.4 Å². The summed E-state index contributed by atoms with van der Waals surface area (Å²) in [7, 11) is 0. The van der Waals surface area contributed by atoms with Crippen molar-refractivity contribution in [2.45, 2.75) is 19.8 Å². The minimum atomic E-state index is 0.00398. The number of halogens is 2. The molecule has 0 aliphatic heterocycles. The Hall–Kier alpha value is -1.45. The predicted octanol–water partition coefficient (Wildman–Crippen LogP) is 4.43. The Labute approximate surface area is 121 Å². The van der Waals surface area contributed by atoms with E-state index in [4.69, 9.17) is 23.2 Å². The Morgan fingerprint density at radius 3 is 2.79 bits per heavy atom. The largest absolute Gasteiger partial charge is 0.292 e. The monoisotopic (exact) mass is 294 g/mol. The van der Waals surface area contributed by atoms with E-state index in [-0.39, 0.29) is 5.78 Å². The Morgan fingerprint density at radius 1 is 1.26 bits per heavy atom. The van der Waals surface area contributed by atoms with E-state index >= 15 is 0 Å². The maximum absolute atomic E-state index is 11.8. The van der Waals surface area contributed by atoms with Gasteiger partial charge in [-0.15, -0.1) is 0 Å². The number of Topliss-reactive ketones (excluding diaryl/α,β-unsaturated/α-hetero) is 1. The molecule has 1 aromatic heterocycles. The van der Waals surface area contributed by atoms with Gasteiger partial charge in [0.05, 0.1) is 5.02 Å². The molecule has 0 aliphatic rings. The van der Waals surface area contributed by atoms with Crippen LogP contribution in [0.15, 0.2) is 30.5 Å². The van der Waals surface area contributed by atoms with E-state index in [1.54, 1.807) is 30.5 Å². The lowest BCUT2D eigenvalue weighted by Crippen LogP contribution is -2.03. The Morgan fingerprint density at radius 2 is 2.05 bits per heavy atom. The van der Waals surface area contributed by atoms with Crippen molar-refractivity contribution in [1.82, 2.24) is 9.97 Å². The Balaban J connectivity index is 2.43. The van der Waals surface area contributed by atoms with Crippen LogP contribution in [0.5, 0.6) is 0 Å². The highest BCUT2D eigenvalue weighted by atomic mass is 35.5. The molecule has 2 aromatic rings. The van der Waals surface area contributed by atoms with Crippen molar-refractivity contribution in [2.75, 3.05) is 0 Å². The molecule has 98 valence electrons. The molecule has 1 aromatic carbocycles. The molecule has 0 atom stereocenters. The lowest BCUT2D eigenvalue weighted by atomic mass is 10.1. The molecule has 2 rings (SSSR count). The molecule has 3 nitrogen and oxygen atoms in total. The fourth-order valence-electron chi connectivity index (χ4n) is 1.67. The smallest absolute Gasteiger partial charge is 0.181 e. The molecule has 0 N–H and O–H groups in total. The molecular weight excluding hydrogens is 283 g/mol. The second kappa shape index (κ2) is 6.13. The van der Waals surface area contributed by atoms with Crippen molar-refractivity contribution in [3.63, 3.8) is 0 Å². The first-order chi connectivity index (χ1) is 9.11. The molecule has 0 bridgehead atoms. The fourth-order valence-corrected chi connectivity index (χ4v) is 2.04. The third-order valence-electron chi connectivity index (χ3n) is 2.59. The maximum atomic E-state index is 11.8. The van der Waals surface area contributed by atoms with Gasteiger partial charge in [-0.05, 0) is 30.7 Å². The second-order valence-corrected chi connectivity index (χ2v) is 4.91. The molecule has 19 heavy (non-hydrogen) atoms. The van der Waals surface area contributed by atoms with Crippen LogP contribution >= 0.6 is 23.2 Å². The first-order valence-electron chi connectivity index (χ1n) is 5.93. The number of benzene rings is 1. The lowest BCUT2D eigenvalue weighted by molar-refractivity contribution is 0.0977. The topological polar surface area (TPSA) is 42.9 Å². The van der Waals surface area contributed by atoms with Gasteiger partial charge >= 0.3 is 0 Å². The van der Waals surface area contributed by atoms with Gasteiger partial charge in [0, 0.05) is 23.2 Å². The molecule has 0 amide bonds. The van der Waals surface area contributed by atoms with Gasteiger partial charge in [0.25, 0.3) is 0 Å². The molecule has 0 fully saturated rings. The van der Waals surface area contributed by atoms with E-state index in [0.29, 0.717) is 33.5 Å². The molecule has 0 radical (unpaired) electrons. The van der Waals surface area contributed by atoms with Crippen LogP contribution in [-0.2, 0) is 0 Å². The Bertz CT molecular complexity index is 614. The summed E-state index contributed by atoms with van der Waals surface area (Å²) in [5.74, 6) is 0.416. The SMILES string of the molecule is CCCC(=O)c1ccnc(-c2cc(Cl)ccc2Cl)n1. The first-order valence-corrected chi connectivity index (χ1v) is 6.69. The zero-order valence-electron chi connectivity index (χ0n) is 10.4. The number of hydrogen-bond acceptors (Lipinski definition) is 3. The van der Waals surface area contributed by atoms with Crippen molar-refractivity contribution in [3.05, 3.63) is 46.2 Å². The molecule has 1 heterocycles. The summed E-state index contributed by atoms with van der Waals surface area (Å²) >= 11 is 12.0. The van der Waals surface area contributed by atoms with Crippen molar-refractivity contribution in [2.24, 2.45) is 0 Å². The molecule has 0 saturated carbocycles. The van der Waals surface area contributed by atoms with Gasteiger partial charge in [0.2, 0.25) is 0 Å². The average Bonchev–Trinajstić information content (AvgIpc) is 2.42. The van der Waals surface area contributed by atoms with E-state index < -0.39 is 0 Å². The number of ketones is 1. The number of rotatable bonds is 4. The van der Waals surface area contributed by atoms with Crippen molar-refractivity contribution < 1.29 is 4.79 Å². The third-order valence-corrected chi connectivity index (χ3v) is 3.15. The van der Waals surface area contributed by atoms with Crippen LogP contribution in [0.4, 0.5) is 0 Å². The number of carbonyl (C=O) groups excluding carboxylic acids is 1. The number of nitrogens with zero attached hydrogens (tertiary/aromatic N) is 2. The highest BCUT2D eigenvalue weighted by molar-refractivity contribution is 6.35. The third kappa shape index (κ3) is 3.31. The van der Waals surface area contributed by atoms with Gasteiger partial charge in [-0.25, -0.2) is 9.97 Å². The highest BCUT2D eigenvalue weighted by Crippen LogP contribution is 2.28. The summed E-state index contributed by atoms with van der Waals surface area (Å²) in [4.78, 5) is 20.2. The summed E-state index contributed by atoms with van der Waals surface area (Å²) in [5, 5.41) is 1.05. The van der Waals surface area contributed by atoms with Crippen molar-refractivity contribution >= 4 is 29.0 Å². The van der Waals surface area contributed by atoms with Gasteiger partial charge in [-0.3, -0.25) is 4.79 Å². The van der Waals surface area contributed by atoms with Gasteiger partial charge in [-0.2, -0.15) is 0 Å². The molecule has 5 heteroatoms. The maximum Gasteiger partial charge on any atom is 0.181 e. The number of aromatic nitrogens is 2. The van der Waals surface area contributed by atoms with E-state index in [2.05, 4.69) is 9.97 Å². The van der Waals surface area contributed by atoms with Crippen LogP contribution in [0.3, 0.4) is 0 Å². The van der Waals surface area contributed by atoms with Crippen LogP contribution in [-0.4, -0.2) is 15.8 Å². The van der Waals surface area contributed by atoms with Crippen LogP contribution in [0.25, 0.3) is 11.4 Å². The minimum Gasteiger partial charge on any atom is -0.292 e. The van der Waals surface area contributed by atoms with E-state index in [1.165, 1.54) is 0 Å². The van der Waals surface area contributed by atoms with Crippen LogP contribution < -0.4 is 0 Å². The van der Waals surface area contributed by atoms with E-state index in [9.17, 15) is 4.79 Å². The zero-order chi connectivity index (χ0) is 13.8. The Kier molecular flexibility index (Phi) is 4.51. The zero-order valence-corrected chi connectivity index (χ0v) is 11.9. The van der Waals surface area contributed by atoms with Crippen molar-refractivity contribution in [1.29, 1.82) is 0 Å². The summed E-state index contributed by atoms with van der Waals surface area (Å²) in [5.41, 5.74) is 1.03. The number of hydrogen-bond donors (Lipinski definition) is 0. The molecule has 0 unspecified atom stereocenters.